The summed E-state index contributed by atoms with van der Waals surface area (Å²) in [6, 6.07) is 7.98. The normalized spacial score (nSPS) is 16.2. The average Bonchev–Trinajstić information content (AvgIpc) is 3.07. The van der Waals surface area contributed by atoms with Crippen molar-refractivity contribution in [2.75, 3.05) is 19.0 Å². The SMILES string of the molecule is COC(=O)c1sc(NCC2Cc3ccccc3O2)nc1Cl. The van der Waals surface area contributed by atoms with Crippen LogP contribution in [0.1, 0.15) is 15.2 Å². The van der Waals surface area contributed by atoms with Gasteiger partial charge in [0.15, 0.2) is 15.2 Å². The van der Waals surface area contributed by atoms with Crippen molar-refractivity contribution in [1.29, 1.82) is 0 Å². The van der Waals surface area contributed by atoms with Crippen LogP contribution in [0.5, 0.6) is 5.75 Å². The maximum absolute atomic E-state index is 11.5. The molecule has 2 aromatic rings. The first-order chi connectivity index (χ1) is 10.2. The van der Waals surface area contributed by atoms with Crippen molar-refractivity contribution < 1.29 is 14.3 Å². The van der Waals surface area contributed by atoms with Crippen molar-refractivity contribution in [2.24, 2.45) is 0 Å². The highest BCUT2D eigenvalue weighted by Gasteiger charge is 2.23. The summed E-state index contributed by atoms with van der Waals surface area (Å²) in [4.78, 5) is 15.9. The largest absolute Gasteiger partial charge is 0.488 e. The van der Waals surface area contributed by atoms with Crippen LogP contribution in [0.15, 0.2) is 24.3 Å². The van der Waals surface area contributed by atoms with Gasteiger partial charge in [-0.3, -0.25) is 0 Å². The van der Waals surface area contributed by atoms with E-state index in [0.717, 1.165) is 12.2 Å². The molecule has 0 spiro atoms. The minimum atomic E-state index is -0.477. The number of rotatable bonds is 4. The molecule has 1 atom stereocenters. The second-order valence-electron chi connectivity index (χ2n) is 4.56. The fourth-order valence-corrected chi connectivity index (χ4v) is 3.27. The number of halogens is 1. The van der Waals surface area contributed by atoms with Crippen molar-refractivity contribution >= 4 is 34.0 Å². The van der Waals surface area contributed by atoms with Gasteiger partial charge in [0.1, 0.15) is 11.9 Å². The number of benzene rings is 1. The fraction of sp³-hybridized carbons (Fsp3) is 0.286. The molecule has 1 N–H and O–H groups in total. The number of hydrogen-bond acceptors (Lipinski definition) is 6. The summed E-state index contributed by atoms with van der Waals surface area (Å²) in [5.41, 5.74) is 1.21. The van der Waals surface area contributed by atoms with Crippen molar-refractivity contribution in [3.05, 3.63) is 39.9 Å². The van der Waals surface area contributed by atoms with Gasteiger partial charge >= 0.3 is 5.97 Å². The molecule has 5 nitrogen and oxygen atoms in total. The van der Waals surface area contributed by atoms with Gasteiger partial charge in [-0.25, -0.2) is 9.78 Å². The molecule has 0 amide bonds. The molecule has 7 heteroatoms. The maximum atomic E-state index is 11.5. The second kappa shape index (κ2) is 5.91. The Hall–Kier alpha value is -1.79. The third kappa shape index (κ3) is 2.96. The van der Waals surface area contributed by atoms with Crippen molar-refractivity contribution in [3.8, 4) is 5.75 Å². The topological polar surface area (TPSA) is 60.5 Å². The lowest BCUT2D eigenvalue weighted by Gasteiger charge is -2.10. The van der Waals surface area contributed by atoms with Gasteiger partial charge < -0.3 is 14.8 Å². The molecule has 0 radical (unpaired) electrons. The van der Waals surface area contributed by atoms with Crippen molar-refractivity contribution in [3.63, 3.8) is 0 Å². The Bertz CT molecular complexity index is 649. The highest BCUT2D eigenvalue weighted by Crippen LogP contribution is 2.30. The molecule has 21 heavy (non-hydrogen) atoms. The predicted molar refractivity (Wildman–Crippen MR) is 81.5 cm³/mol. The van der Waals surface area contributed by atoms with E-state index < -0.39 is 5.97 Å². The van der Waals surface area contributed by atoms with Crippen LogP contribution < -0.4 is 10.1 Å². The molecule has 1 aromatic carbocycles. The van der Waals surface area contributed by atoms with E-state index in [2.05, 4.69) is 21.1 Å². The molecule has 0 saturated carbocycles. The number of thiazole rings is 1. The monoisotopic (exact) mass is 324 g/mol. The maximum Gasteiger partial charge on any atom is 0.351 e. The number of carbonyl (C=O) groups is 1. The molecule has 0 fully saturated rings. The van der Waals surface area contributed by atoms with Crippen LogP contribution in [0.3, 0.4) is 0 Å². The van der Waals surface area contributed by atoms with E-state index in [1.165, 1.54) is 24.0 Å². The summed E-state index contributed by atoms with van der Waals surface area (Å²) in [6.45, 7) is 0.596. The predicted octanol–water partition coefficient (Wildman–Crippen LogP) is 3.00. The summed E-state index contributed by atoms with van der Waals surface area (Å²) in [5, 5.41) is 3.89. The quantitative estimate of drug-likeness (QED) is 0.876. The fourth-order valence-electron chi connectivity index (χ4n) is 2.16. The first-order valence-corrected chi connectivity index (χ1v) is 7.60. The lowest BCUT2D eigenvalue weighted by atomic mass is 10.1. The molecule has 1 aliphatic rings. The molecule has 110 valence electrons. The van der Waals surface area contributed by atoms with Gasteiger partial charge in [-0.2, -0.15) is 0 Å². The van der Waals surface area contributed by atoms with Gasteiger partial charge in [-0.05, 0) is 11.6 Å². The smallest absolute Gasteiger partial charge is 0.351 e. The Morgan fingerprint density at radius 1 is 1.57 bits per heavy atom. The molecule has 0 aliphatic carbocycles. The number of ether oxygens (including phenoxy) is 2. The number of nitrogens with one attached hydrogen (secondary N) is 1. The van der Waals surface area contributed by atoms with Gasteiger partial charge in [0.25, 0.3) is 0 Å². The number of anilines is 1. The van der Waals surface area contributed by atoms with Gasteiger partial charge in [0.05, 0.1) is 13.7 Å². The molecule has 0 bridgehead atoms. The summed E-state index contributed by atoms with van der Waals surface area (Å²) in [6.07, 6.45) is 0.901. The Kier molecular flexibility index (Phi) is 3.98. The Labute approximate surface area is 130 Å². The number of para-hydroxylation sites is 1. The summed E-state index contributed by atoms with van der Waals surface area (Å²) < 4.78 is 10.5. The molecule has 1 aromatic heterocycles. The number of esters is 1. The summed E-state index contributed by atoms with van der Waals surface area (Å²) >= 11 is 7.09. The van der Waals surface area contributed by atoms with E-state index in [9.17, 15) is 4.79 Å². The first-order valence-electron chi connectivity index (χ1n) is 6.40. The Morgan fingerprint density at radius 2 is 2.38 bits per heavy atom. The first kappa shape index (κ1) is 14.2. The van der Waals surface area contributed by atoms with E-state index in [1.54, 1.807) is 0 Å². The average molecular weight is 325 g/mol. The van der Waals surface area contributed by atoms with Crippen LogP contribution in [-0.4, -0.2) is 30.7 Å². The third-order valence-electron chi connectivity index (χ3n) is 3.15. The van der Waals surface area contributed by atoms with E-state index in [4.69, 9.17) is 16.3 Å². The van der Waals surface area contributed by atoms with E-state index in [0.29, 0.717) is 16.6 Å². The molecule has 1 unspecified atom stereocenters. The van der Waals surface area contributed by atoms with Crippen LogP contribution in [-0.2, 0) is 11.2 Å². The zero-order chi connectivity index (χ0) is 14.8. The molecule has 2 heterocycles. The van der Waals surface area contributed by atoms with Gasteiger partial charge in [-0.15, -0.1) is 0 Å². The number of nitrogens with zero attached hydrogens (tertiary/aromatic N) is 1. The third-order valence-corrected chi connectivity index (χ3v) is 4.53. The van der Waals surface area contributed by atoms with E-state index >= 15 is 0 Å². The molecule has 0 saturated heterocycles. The molecular formula is C14H13ClN2O3S. The van der Waals surface area contributed by atoms with Crippen LogP contribution in [0, 0.1) is 0 Å². The van der Waals surface area contributed by atoms with Crippen LogP contribution in [0.4, 0.5) is 5.13 Å². The molecular weight excluding hydrogens is 312 g/mol. The Balaban J connectivity index is 1.61. The highest BCUT2D eigenvalue weighted by molar-refractivity contribution is 7.18. The summed E-state index contributed by atoms with van der Waals surface area (Å²) in [7, 11) is 1.31. The van der Waals surface area contributed by atoms with Crippen LogP contribution in [0.25, 0.3) is 0 Å². The van der Waals surface area contributed by atoms with Gasteiger partial charge in [-0.1, -0.05) is 41.1 Å². The van der Waals surface area contributed by atoms with Gasteiger partial charge in [0.2, 0.25) is 0 Å². The number of hydrogen-bond donors (Lipinski definition) is 1. The van der Waals surface area contributed by atoms with Crippen LogP contribution >= 0.6 is 22.9 Å². The van der Waals surface area contributed by atoms with Crippen LogP contribution in [0.2, 0.25) is 5.15 Å². The molecule has 1 aliphatic heterocycles. The zero-order valence-electron chi connectivity index (χ0n) is 11.3. The minimum Gasteiger partial charge on any atom is -0.488 e. The lowest BCUT2D eigenvalue weighted by molar-refractivity contribution is 0.0606. The minimum absolute atomic E-state index is 0.0478. The van der Waals surface area contributed by atoms with Crippen molar-refractivity contribution in [2.45, 2.75) is 12.5 Å². The lowest BCUT2D eigenvalue weighted by Crippen LogP contribution is -2.23. The van der Waals surface area contributed by atoms with Crippen molar-refractivity contribution in [1.82, 2.24) is 4.98 Å². The zero-order valence-corrected chi connectivity index (χ0v) is 12.8. The number of aromatic nitrogens is 1. The van der Waals surface area contributed by atoms with Gasteiger partial charge in [0, 0.05) is 6.42 Å². The van der Waals surface area contributed by atoms with E-state index in [-0.39, 0.29) is 11.3 Å². The molecule has 3 rings (SSSR count). The number of fused-ring (bicyclic) bond motifs is 1. The number of methoxy groups -OCH3 is 1. The Morgan fingerprint density at radius 3 is 3.14 bits per heavy atom. The number of carbonyl (C=O) groups excluding carboxylic acids is 1. The second-order valence-corrected chi connectivity index (χ2v) is 5.92. The summed E-state index contributed by atoms with van der Waals surface area (Å²) in [5.74, 6) is 0.451. The highest BCUT2D eigenvalue weighted by atomic mass is 35.5. The van der Waals surface area contributed by atoms with E-state index in [1.807, 2.05) is 18.2 Å². The standard InChI is InChI=1S/C14H13ClN2O3S/c1-19-13(18)11-12(15)17-14(21-11)16-7-9-6-8-4-2-3-5-10(8)20-9/h2-5,9H,6-7H2,1H3,(H,16,17).